The molecule has 0 N–H and O–H groups in total. The van der Waals surface area contributed by atoms with Crippen molar-refractivity contribution in [2.75, 3.05) is 0 Å². The molecule has 0 saturated heterocycles. The van der Waals surface area contributed by atoms with E-state index in [1.165, 1.54) is 6.42 Å². The second-order valence-corrected chi connectivity index (χ2v) is 2.89. The molecule has 0 fully saturated rings. The zero-order valence-corrected chi connectivity index (χ0v) is 7.82. The summed E-state index contributed by atoms with van der Waals surface area (Å²) < 4.78 is 0. The molecule has 0 unspecified atom stereocenters. The van der Waals surface area contributed by atoms with Gasteiger partial charge in [0.15, 0.2) is 0 Å². The molecule has 0 heterocycles. The molecule has 0 rings (SSSR count). The van der Waals surface area contributed by atoms with Gasteiger partial charge < -0.3 is 0 Å². The van der Waals surface area contributed by atoms with Crippen LogP contribution < -0.4 is 0 Å². The maximum absolute atomic E-state index is 5.75. The molecule has 0 aromatic heterocycles. The number of allylic oxidation sites excluding steroid dienone is 4. The third-order valence-corrected chi connectivity index (χ3v) is 1.71. The van der Waals surface area contributed by atoms with E-state index in [4.69, 9.17) is 11.6 Å². The zero-order chi connectivity index (χ0) is 8.69. The highest BCUT2D eigenvalue weighted by Crippen LogP contribution is 2.18. The first-order valence-corrected chi connectivity index (χ1v) is 4.26. The van der Waals surface area contributed by atoms with E-state index in [9.17, 15) is 0 Å². The Bertz CT molecular complexity index is 166. The Morgan fingerprint density at radius 1 is 1.55 bits per heavy atom. The highest BCUT2D eigenvalue weighted by Gasteiger charge is 1.96. The number of unbranched alkanes of at least 4 members (excludes halogenated alkanes) is 1. The second kappa shape index (κ2) is 6.23. The molecule has 0 aromatic carbocycles. The molecule has 0 spiro atoms. The van der Waals surface area contributed by atoms with E-state index in [1.54, 1.807) is 6.08 Å². The largest absolute Gasteiger partial charge is 0.0991 e. The molecule has 0 bridgehead atoms. The average Bonchev–Trinajstić information content (AvgIpc) is 1.97. The third-order valence-electron chi connectivity index (χ3n) is 1.47. The van der Waals surface area contributed by atoms with Crippen LogP contribution in [-0.4, -0.2) is 0 Å². The predicted octanol–water partition coefficient (Wildman–Crippen LogP) is 4.04. The summed E-state index contributed by atoms with van der Waals surface area (Å²) in [5.41, 5.74) is 1.10. The van der Waals surface area contributed by atoms with E-state index in [-0.39, 0.29) is 0 Å². The summed E-state index contributed by atoms with van der Waals surface area (Å²) >= 11 is 5.75. The van der Waals surface area contributed by atoms with E-state index in [0.717, 1.165) is 18.4 Å². The highest BCUT2D eigenvalue weighted by molar-refractivity contribution is 6.31. The first kappa shape index (κ1) is 10.5. The first-order chi connectivity index (χ1) is 5.22. The third kappa shape index (κ3) is 4.86. The monoisotopic (exact) mass is 170 g/mol. The van der Waals surface area contributed by atoms with Crippen molar-refractivity contribution >= 4 is 11.6 Å². The lowest BCUT2D eigenvalue weighted by Gasteiger charge is -2.01. The fraction of sp³-hybridized carbons (Fsp3) is 0.400. The molecule has 1 heteroatoms. The summed E-state index contributed by atoms with van der Waals surface area (Å²) in [4.78, 5) is 0. The van der Waals surface area contributed by atoms with Gasteiger partial charge in [0.2, 0.25) is 0 Å². The van der Waals surface area contributed by atoms with E-state index in [2.05, 4.69) is 20.1 Å². The molecule has 0 aliphatic rings. The normalized spacial score (nSPS) is 11.3. The van der Waals surface area contributed by atoms with Gasteiger partial charge in [0.1, 0.15) is 0 Å². The van der Waals surface area contributed by atoms with Crippen molar-refractivity contribution in [3.8, 4) is 0 Å². The molecule has 11 heavy (non-hydrogen) atoms. The maximum atomic E-state index is 5.75. The van der Waals surface area contributed by atoms with Crippen LogP contribution >= 0.6 is 11.6 Å². The summed E-state index contributed by atoms with van der Waals surface area (Å²) in [5, 5.41) is 0.637. The molecule has 62 valence electrons. The Morgan fingerprint density at radius 2 is 2.18 bits per heavy atom. The van der Waals surface area contributed by atoms with E-state index < -0.39 is 0 Å². The fourth-order valence-electron chi connectivity index (χ4n) is 0.819. The van der Waals surface area contributed by atoms with Crippen molar-refractivity contribution in [1.29, 1.82) is 0 Å². The van der Waals surface area contributed by atoms with Crippen LogP contribution in [0.3, 0.4) is 0 Å². The lowest BCUT2D eigenvalue weighted by molar-refractivity contribution is 0.796. The number of hydrogen-bond acceptors (Lipinski definition) is 0. The molecule has 0 radical (unpaired) electrons. The Balaban J connectivity index is 4.00. The molecule has 0 atom stereocenters. The standard InChI is InChI=1S/C10H15Cl/c1-4-6-8-10(7-5-2)9(3)11/h5,7H,2-4,6,8H2,1H3/b10-7-. The van der Waals surface area contributed by atoms with Crippen molar-refractivity contribution in [2.24, 2.45) is 0 Å². The molecule has 0 aliphatic heterocycles. The average molecular weight is 171 g/mol. The van der Waals surface area contributed by atoms with Gasteiger partial charge in [-0.15, -0.1) is 0 Å². The van der Waals surface area contributed by atoms with Crippen LogP contribution in [-0.2, 0) is 0 Å². The smallest absolute Gasteiger partial charge is 0.0366 e. The molecule has 0 amide bonds. The highest BCUT2D eigenvalue weighted by atomic mass is 35.5. The Kier molecular flexibility index (Phi) is 5.96. The minimum absolute atomic E-state index is 0.637. The topological polar surface area (TPSA) is 0 Å². The van der Waals surface area contributed by atoms with Gasteiger partial charge in [0, 0.05) is 5.03 Å². The SMILES string of the molecule is C=C/C=C(/CCCC)C(=C)Cl. The number of rotatable bonds is 5. The first-order valence-electron chi connectivity index (χ1n) is 3.88. The van der Waals surface area contributed by atoms with Crippen LogP contribution in [0.25, 0.3) is 0 Å². The van der Waals surface area contributed by atoms with Gasteiger partial charge >= 0.3 is 0 Å². The minimum Gasteiger partial charge on any atom is -0.0991 e. The summed E-state index contributed by atoms with van der Waals surface area (Å²) in [7, 11) is 0. The van der Waals surface area contributed by atoms with Crippen molar-refractivity contribution < 1.29 is 0 Å². The Labute approximate surface area is 74.3 Å². The van der Waals surface area contributed by atoms with Crippen LogP contribution in [0.15, 0.2) is 35.9 Å². The van der Waals surface area contributed by atoms with Crippen LogP contribution in [0.1, 0.15) is 26.2 Å². The second-order valence-electron chi connectivity index (χ2n) is 2.44. The van der Waals surface area contributed by atoms with Crippen LogP contribution in [0.4, 0.5) is 0 Å². The lowest BCUT2D eigenvalue weighted by Crippen LogP contribution is -1.81. The molecule has 0 aliphatic carbocycles. The molecular weight excluding hydrogens is 156 g/mol. The minimum atomic E-state index is 0.637. The summed E-state index contributed by atoms with van der Waals surface area (Å²) in [6, 6.07) is 0. The van der Waals surface area contributed by atoms with Gasteiger partial charge in [-0.05, 0) is 18.4 Å². The van der Waals surface area contributed by atoms with Crippen molar-refractivity contribution in [1.82, 2.24) is 0 Å². The van der Waals surface area contributed by atoms with Crippen LogP contribution in [0, 0.1) is 0 Å². The molecule has 0 saturated carbocycles. The summed E-state index contributed by atoms with van der Waals surface area (Å²) in [6.07, 6.45) is 7.01. The van der Waals surface area contributed by atoms with E-state index in [1.807, 2.05) is 6.08 Å². The van der Waals surface area contributed by atoms with Crippen LogP contribution in [0.2, 0.25) is 0 Å². The van der Waals surface area contributed by atoms with Gasteiger partial charge in [-0.3, -0.25) is 0 Å². The summed E-state index contributed by atoms with van der Waals surface area (Å²) in [6.45, 7) is 9.45. The lowest BCUT2D eigenvalue weighted by atomic mass is 10.1. The molecule has 0 nitrogen and oxygen atoms in total. The van der Waals surface area contributed by atoms with Gasteiger partial charge in [-0.25, -0.2) is 0 Å². The Hall–Kier alpha value is -0.490. The quantitative estimate of drug-likeness (QED) is 0.547. The molecule has 0 aromatic rings. The fourth-order valence-corrected chi connectivity index (χ4v) is 0.976. The number of hydrogen-bond donors (Lipinski definition) is 0. The van der Waals surface area contributed by atoms with E-state index in [0.29, 0.717) is 5.03 Å². The zero-order valence-electron chi connectivity index (χ0n) is 7.07. The van der Waals surface area contributed by atoms with Gasteiger partial charge in [0.05, 0.1) is 0 Å². The maximum Gasteiger partial charge on any atom is 0.0366 e. The predicted molar refractivity (Wildman–Crippen MR) is 52.8 cm³/mol. The molecular formula is C10H15Cl. The van der Waals surface area contributed by atoms with Gasteiger partial charge in [0.25, 0.3) is 0 Å². The van der Waals surface area contributed by atoms with Gasteiger partial charge in [-0.1, -0.05) is 50.3 Å². The van der Waals surface area contributed by atoms with E-state index >= 15 is 0 Å². The van der Waals surface area contributed by atoms with Crippen molar-refractivity contribution in [2.45, 2.75) is 26.2 Å². The van der Waals surface area contributed by atoms with Crippen molar-refractivity contribution in [3.05, 3.63) is 35.9 Å². The number of halogens is 1. The summed E-state index contributed by atoms with van der Waals surface area (Å²) in [5.74, 6) is 0. The van der Waals surface area contributed by atoms with Crippen molar-refractivity contribution in [3.63, 3.8) is 0 Å². The van der Waals surface area contributed by atoms with Crippen LogP contribution in [0.5, 0.6) is 0 Å². The van der Waals surface area contributed by atoms with Gasteiger partial charge in [-0.2, -0.15) is 0 Å². The Morgan fingerprint density at radius 3 is 2.55 bits per heavy atom.